The summed E-state index contributed by atoms with van der Waals surface area (Å²) in [6, 6.07) is 16.2. The van der Waals surface area contributed by atoms with E-state index in [-0.39, 0.29) is 0 Å². The van der Waals surface area contributed by atoms with Crippen LogP contribution in [0.5, 0.6) is 0 Å². The zero-order chi connectivity index (χ0) is 12.5. The normalized spacial score (nSPS) is 10.7. The van der Waals surface area contributed by atoms with E-state index in [0.717, 1.165) is 22.3 Å². The molecule has 18 heavy (non-hydrogen) atoms. The molecule has 0 radical (unpaired) electrons. The molecule has 0 unspecified atom stereocenters. The van der Waals surface area contributed by atoms with Gasteiger partial charge in [0.2, 0.25) is 4.77 Å². The summed E-state index contributed by atoms with van der Waals surface area (Å²) in [5, 5.41) is 0. The van der Waals surface area contributed by atoms with Crippen LogP contribution in [0.2, 0.25) is 0 Å². The molecule has 2 nitrogen and oxygen atoms in total. The van der Waals surface area contributed by atoms with E-state index in [2.05, 4.69) is 30.1 Å². The minimum Gasteiger partial charge on any atom is -0.292 e. The number of rotatable bonds is 1. The first kappa shape index (κ1) is 11.1. The van der Waals surface area contributed by atoms with Gasteiger partial charge in [0.1, 0.15) is 0 Å². The van der Waals surface area contributed by atoms with Crippen molar-refractivity contribution in [2.45, 2.75) is 6.92 Å². The molecular weight excluding hydrogens is 240 g/mol. The van der Waals surface area contributed by atoms with Crippen molar-refractivity contribution in [1.82, 2.24) is 9.38 Å². The highest BCUT2D eigenvalue weighted by Gasteiger charge is 2.07. The van der Waals surface area contributed by atoms with E-state index >= 15 is 0 Å². The Hall–Kier alpha value is -2.00. The van der Waals surface area contributed by atoms with Gasteiger partial charge in [0.05, 0.1) is 11.2 Å². The van der Waals surface area contributed by atoms with Crippen molar-refractivity contribution in [1.29, 1.82) is 0 Å². The lowest BCUT2D eigenvalue weighted by atomic mass is 10.1. The molecule has 0 atom stereocenters. The zero-order valence-corrected chi connectivity index (χ0v) is 10.8. The van der Waals surface area contributed by atoms with Crippen molar-refractivity contribution in [2.24, 2.45) is 0 Å². The second kappa shape index (κ2) is 4.35. The van der Waals surface area contributed by atoms with E-state index in [4.69, 9.17) is 12.2 Å². The number of nitrogens with zero attached hydrogens (tertiary/aromatic N) is 2. The minimum atomic E-state index is 0.593. The van der Waals surface area contributed by atoms with Gasteiger partial charge in [0, 0.05) is 11.8 Å². The Morgan fingerprint density at radius 3 is 2.50 bits per heavy atom. The number of aryl methyl sites for hydroxylation is 1. The Labute approximate surface area is 111 Å². The van der Waals surface area contributed by atoms with E-state index in [0.29, 0.717) is 4.77 Å². The summed E-state index contributed by atoms with van der Waals surface area (Å²) in [4.78, 5) is 4.55. The Balaban J connectivity index is 2.39. The van der Waals surface area contributed by atoms with Gasteiger partial charge in [-0.25, -0.2) is 4.98 Å². The average molecular weight is 252 g/mol. The van der Waals surface area contributed by atoms with Crippen molar-refractivity contribution in [3.8, 4) is 11.3 Å². The van der Waals surface area contributed by atoms with Crippen LogP contribution in [0.1, 0.15) is 5.56 Å². The lowest BCUT2D eigenvalue weighted by molar-refractivity contribution is 1.03. The molecule has 1 aromatic carbocycles. The van der Waals surface area contributed by atoms with Gasteiger partial charge in [-0.05, 0) is 36.8 Å². The zero-order valence-electron chi connectivity index (χ0n) is 10.00. The Morgan fingerprint density at radius 1 is 1.00 bits per heavy atom. The first-order valence-electron chi connectivity index (χ1n) is 5.81. The van der Waals surface area contributed by atoms with Crippen LogP contribution in [0.3, 0.4) is 0 Å². The Morgan fingerprint density at radius 2 is 1.72 bits per heavy atom. The summed E-state index contributed by atoms with van der Waals surface area (Å²) < 4.78 is 2.53. The first-order chi connectivity index (χ1) is 8.77. The van der Waals surface area contributed by atoms with Crippen LogP contribution in [0.25, 0.3) is 16.8 Å². The highest BCUT2D eigenvalue weighted by atomic mass is 32.1. The molecule has 3 aromatic rings. The molecular formula is C15H12N2S. The summed E-state index contributed by atoms with van der Waals surface area (Å²) in [5.74, 6) is 0. The highest BCUT2D eigenvalue weighted by molar-refractivity contribution is 7.71. The monoisotopic (exact) mass is 252 g/mol. The summed E-state index contributed by atoms with van der Waals surface area (Å²) in [6.07, 6.45) is 1.95. The number of hydrogen-bond donors (Lipinski definition) is 0. The fourth-order valence-electron chi connectivity index (χ4n) is 2.15. The predicted octanol–water partition coefficient (Wildman–Crippen LogP) is 4.04. The lowest BCUT2D eigenvalue weighted by Gasteiger charge is -2.09. The quantitative estimate of drug-likeness (QED) is 0.608. The number of fused-ring (bicyclic) bond motifs is 1. The van der Waals surface area contributed by atoms with Crippen molar-refractivity contribution in [3.05, 3.63) is 65.1 Å². The summed E-state index contributed by atoms with van der Waals surface area (Å²) in [6.45, 7) is 2.08. The molecule has 88 valence electrons. The third-order valence-electron chi connectivity index (χ3n) is 3.06. The van der Waals surface area contributed by atoms with Gasteiger partial charge in [-0.15, -0.1) is 0 Å². The van der Waals surface area contributed by atoms with Crippen LogP contribution in [0, 0.1) is 11.7 Å². The van der Waals surface area contributed by atoms with Gasteiger partial charge in [-0.1, -0.05) is 36.4 Å². The van der Waals surface area contributed by atoms with Gasteiger partial charge in [0.25, 0.3) is 0 Å². The molecule has 0 bridgehead atoms. The molecule has 0 spiro atoms. The van der Waals surface area contributed by atoms with E-state index in [1.165, 1.54) is 0 Å². The molecule has 0 aliphatic rings. The van der Waals surface area contributed by atoms with E-state index in [1.54, 1.807) is 0 Å². The number of aromatic nitrogens is 2. The predicted molar refractivity (Wildman–Crippen MR) is 76.2 cm³/mol. The summed E-state index contributed by atoms with van der Waals surface area (Å²) >= 11 is 5.35. The lowest BCUT2D eigenvalue weighted by Crippen LogP contribution is -1.99. The molecule has 3 heteroatoms. The molecule has 0 saturated heterocycles. The van der Waals surface area contributed by atoms with Gasteiger partial charge in [0.15, 0.2) is 0 Å². The molecule has 2 heterocycles. The molecule has 0 saturated carbocycles. The molecule has 3 rings (SSSR count). The summed E-state index contributed by atoms with van der Waals surface area (Å²) in [7, 11) is 0. The third-order valence-corrected chi connectivity index (χ3v) is 3.35. The minimum absolute atomic E-state index is 0.593. The summed E-state index contributed by atoms with van der Waals surface area (Å²) in [5.41, 5.74) is 4.33. The van der Waals surface area contributed by atoms with Crippen molar-refractivity contribution in [3.63, 3.8) is 0 Å². The van der Waals surface area contributed by atoms with Crippen LogP contribution in [0.15, 0.2) is 54.7 Å². The molecule has 0 N–H and O–H groups in total. The van der Waals surface area contributed by atoms with Crippen LogP contribution >= 0.6 is 12.2 Å². The van der Waals surface area contributed by atoms with Gasteiger partial charge < -0.3 is 0 Å². The maximum atomic E-state index is 5.35. The van der Waals surface area contributed by atoms with Crippen molar-refractivity contribution >= 4 is 17.7 Å². The maximum absolute atomic E-state index is 5.35. The van der Waals surface area contributed by atoms with Crippen LogP contribution in [0.4, 0.5) is 0 Å². The SMILES string of the molecule is Cc1c(-c2ccccc2)nc(=S)n2ccccc12. The number of benzene rings is 1. The van der Waals surface area contributed by atoms with Crippen LogP contribution in [-0.4, -0.2) is 9.38 Å². The second-order valence-corrected chi connectivity index (χ2v) is 4.56. The van der Waals surface area contributed by atoms with Crippen LogP contribution < -0.4 is 0 Å². The third kappa shape index (κ3) is 1.73. The molecule has 0 aliphatic carbocycles. The Bertz CT molecular complexity index is 760. The Kier molecular flexibility index (Phi) is 2.68. The first-order valence-corrected chi connectivity index (χ1v) is 6.21. The number of pyridine rings is 1. The maximum Gasteiger partial charge on any atom is 0.204 e. The average Bonchev–Trinajstić information content (AvgIpc) is 2.44. The van der Waals surface area contributed by atoms with Crippen molar-refractivity contribution < 1.29 is 0 Å². The topological polar surface area (TPSA) is 17.3 Å². The number of hydrogen-bond acceptors (Lipinski definition) is 2. The molecule has 0 aliphatic heterocycles. The van der Waals surface area contributed by atoms with Crippen molar-refractivity contribution in [2.75, 3.05) is 0 Å². The largest absolute Gasteiger partial charge is 0.292 e. The molecule has 2 aromatic heterocycles. The van der Waals surface area contributed by atoms with Gasteiger partial charge in [-0.3, -0.25) is 4.40 Å². The van der Waals surface area contributed by atoms with Crippen LogP contribution in [-0.2, 0) is 0 Å². The van der Waals surface area contributed by atoms with E-state index in [1.807, 2.05) is 40.9 Å². The fourth-order valence-corrected chi connectivity index (χ4v) is 2.40. The van der Waals surface area contributed by atoms with E-state index < -0.39 is 0 Å². The smallest absolute Gasteiger partial charge is 0.204 e. The molecule has 0 amide bonds. The van der Waals surface area contributed by atoms with E-state index in [9.17, 15) is 0 Å². The fraction of sp³-hybridized carbons (Fsp3) is 0.0667. The highest BCUT2D eigenvalue weighted by Crippen LogP contribution is 2.23. The van der Waals surface area contributed by atoms with Gasteiger partial charge in [-0.2, -0.15) is 0 Å². The van der Waals surface area contributed by atoms with Gasteiger partial charge >= 0.3 is 0 Å². The standard InChI is InChI=1S/C15H12N2S/c1-11-13-9-5-6-10-17(13)15(18)16-14(11)12-7-3-2-4-8-12/h2-10H,1H3. The second-order valence-electron chi connectivity index (χ2n) is 4.19. The molecule has 0 fully saturated rings.